The normalized spacial score (nSPS) is 16.0. The molecule has 2 N–H and O–H groups in total. The number of nitrogen functional groups attached to an aromatic ring is 1. The van der Waals surface area contributed by atoms with Crippen molar-refractivity contribution in [2.45, 2.75) is 25.8 Å². The lowest BCUT2D eigenvalue weighted by Gasteiger charge is -2.06. The van der Waals surface area contributed by atoms with E-state index in [1.54, 1.807) is 0 Å². The molecule has 1 heterocycles. The van der Waals surface area contributed by atoms with E-state index in [1.165, 1.54) is 30.2 Å². The summed E-state index contributed by atoms with van der Waals surface area (Å²) in [5.74, 6) is 0.979. The first-order valence-corrected chi connectivity index (χ1v) is 5.68. The van der Waals surface area contributed by atoms with Gasteiger partial charge in [0.25, 0.3) is 0 Å². The van der Waals surface area contributed by atoms with E-state index in [0.717, 1.165) is 18.2 Å². The van der Waals surface area contributed by atoms with Gasteiger partial charge in [-0.25, -0.2) is 0 Å². The van der Waals surface area contributed by atoms with Gasteiger partial charge >= 0.3 is 0 Å². The molecule has 0 aliphatic heterocycles. The van der Waals surface area contributed by atoms with Crippen molar-refractivity contribution in [1.82, 2.24) is 4.57 Å². The maximum Gasteiger partial charge on any atom is 0.0713 e. The average molecular weight is 200 g/mol. The molecule has 0 saturated heterocycles. The topological polar surface area (TPSA) is 30.9 Å². The third-order valence-corrected chi connectivity index (χ3v) is 3.29. The molecule has 0 spiro atoms. The van der Waals surface area contributed by atoms with Gasteiger partial charge in [0.05, 0.1) is 11.2 Å². The molecule has 2 heteroatoms. The minimum atomic E-state index is 0.897. The zero-order valence-electron chi connectivity index (χ0n) is 8.82. The predicted molar refractivity (Wildman–Crippen MR) is 63.7 cm³/mol. The smallest absolute Gasteiger partial charge is 0.0713 e. The highest BCUT2D eigenvalue weighted by Gasteiger charge is 2.20. The number of anilines is 1. The third-order valence-electron chi connectivity index (χ3n) is 3.29. The summed E-state index contributed by atoms with van der Waals surface area (Å²) >= 11 is 0. The Balaban J connectivity index is 1.94. The minimum absolute atomic E-state index is 0.897. The Morgan fingerprint density at radius 2 is 2.13 bits per heavy atom. The van der Waals surface area contributed by atoms with Gasteiger partial charge in [0.15, 0.2) is 0 Å². The van der Waals surface area contributed by atoms with Crippen molar-refractivity contribution in [2.24, 2.45) is 5.92 Å². The molecule has 1 saturated carbocycles. The zero-order chi connectivity index (χ0) is 10.3. The standard InChI is InChI=1S/C13H16N2/c14-12-3-1-2-11-7-9-15(13(11)12)8-6-10-4-5-10/h1-3,7,9-10H,4-6,8,14H2. The van der Waals surface area contributed by atoms with E-state index < -0.39 is 0 Å². The number of hydrogen-bond acceptors (Lipinski definition) is 1. The van der Waals surface area contributed by atoms with Crippen LogP contribution in [0.1, 0.15) is 19.3 Å². The Hall–Kier alpha value is -1.44. The molecule has 0 bridgehead atoms. The summed E-state index contributed by atoms with van der Waals surface area (Å²) in [6.45, 7) is 1.11. The van der Waals surface area contributed by atoms with Crippen LogP contribution < -0.4 is 5.73 Å². The van der Waals surface area contributed by atoms with E-state index in [-0.39, 0.29) is 0 Å². The van der Waals surface area contributed by atoms with Crippen LogP contribution >= 0.6 is 0 Å². The van der Waals surface area contributed by atoms with Crippen LogP contribution in [0.15, 0.2) is 30.5 Å². The van der Waals surface area contributed by atoms with Crippen molar-refractivity contribution < 1.29 is 0 Å². The van der Waals surface area contributed by atoms with E-state index in [4.69, 9.17) is 5.73 Å². The number of nitrogens with zero attached hydrogens (tertiary/aromatic N) is 1. The van der Waals surface area contributed by atoms with E-state index in [1.807, 2.05) is 12.1 Å². The fourth-order valence-corrected chi connectivity index (χ4v) is 2.21. The van der Waals surface area contributed by atoms with Crippen LogP contribution in [-0.2, 0) is 6.54 Å². The van der Waals surface area contributed by atoms with Crippen LogP contribution in [0.4, 0.5) is 5.69 Å². The van der Waals surface area contributed by atoms with E-state index in [9.17, 15) is 0 Å². The lowest BCUT2D eigenvalue weighted by atomic mass is 10.2. The summed E-state index contributed by atoms with van der Waals surface area (Å²) in [6, 6.07) is 8.27. The van der Waals surface area contributed by atoms with Crippen LogP contribution in [0.3, 0.4) is 0 Å². The van der Waals surface area contributed by atoms with Crippen molar-refractivity contribution in [1.29, 1.82) is 0 Å². The molecule has 0 amide bonds. The van der Waals surface area contributed by atoms with E-state index >= 15 is 0 Å². The van der Waals surface area contributed by atoms with Gasteiger partial charge in [-0.2, -0.15) is 0 Å². The number of fused-ring (bicyclic) bond motifs is 1. The molecule has 0 radical (unpaired) electrons. The fraction of sp³-hybridized carbons (Fsp3) is 0.385. The van der Waals surface area contributed by atoms with Crippen molar-refractivity contribution in [3.05, 3.63) is 30.5 Å². The molecule has 1 aromatic carbocycles. The lowest BCUT2D eigenvalue weighted by molar-refractivity contribution is 0.611. The zero-order valence-corrected chi connectivity index (χ0v) is 8.82. The van der Waals surface area contributed by atoms with Gasteiger partial charge in [0.2, 0.25) is 0 Å². The Morgan fingerprint density at radius 3 is 2.93 bits per heavy atom. The van der Waals surface area contributed by atoms with Crippen LogP contribution in [-0.4, -0.2) is 4.57 Å². The maximum absolute atomic E-state index is 6.00. The second-order valence-corrected chi connectivity index (χ2v) is 4.53. The number of aromatic nitrogens is 1. The molecule has 0 unspecified atom stereocenters. The highest BCUT2D eigenvalue weighted by atomic mass is 15.0. The van der Waals surface area contributed by atoms with Crippen LogP contribution in [0.5, 0.6) is 0 Å². The summed E-state index contributed by atoms with van der Waals surface area (Å²) in [6.07, 6.45) is 6.31. The first kappa shape index (κ1) is 8.84. The fourth-order valence-electron chi connectivity index (χ4n) is 2.21. The number of para-hydroxylation sites is 1. The van der Waals surface area contributed by atoms with Crippen LogP contribution in [0.2, 0.25) is 0 Å². The van der Waals surface area contributed by atoms with Crippen molar-refractivity contribution in [3.63, 3.8) is 0 Å². The number of rotatable bonds is 3. The first-order valence-electron chi connectivity index (χ1n) is 5.68. The average Bonchev–Trinajstić information content (AvgIpc) is 2.96. The molecular formula is C13H16N2. The minimum Gasteiger partial charge on any atom is -0.397 e. The number of hydrogen-bond donors (Lipinski definition) is 1. The van der Waals surface area contributed by atoms with Crippen LogP contribution in [0.25, 0.3) is 10.9 Å². The van der Waals surface area contributed by atoms with Gasteiger partial charge in [-0.1, -0.05) is 25.0 Å². The molecule has 1 fully saturated rings. The quantitative estimate of drug-likeness (QED) is 0.758. The summed E-state index contributed by atoms with van der Waals surface area (Å²) in [5, 5.41) is 1.26. The van der Waals surface area contributed by atoms with Gasteiger partial charge < -0.3 is 10.3 Å². The Labute approximate surface area is 89.7 Å². The summed E-state index contributed by atoms with van der Waals surface area (Å²) in [5.41, 5.74) is 8.11. The Bertz CT molecular complexity index is 480. The Kier molecular flexibility index (Phi) is 1.94. The van der Waals surface area contributed by atoms with Crippen molar-refractivity contribution in [3.8, 4) is 0 Å². The summed E-state index contributed by atoms with van der Waals surface area (Å²) in [7, 11) is 0. The summed E-state index contributed by atoms with van der Waals surface area (Å²) < 4.78 is 2.29. The van der Waals surface area contributed by atoms with E-state index in [2.05, 4.69) is 22.9 Å². The Morgan fingerprint density at radius 1 is 1.27 bits per heavy atom. The molecule has 2 nitrogen and oxygen atoms in total. The molecule has 1 aromatic heterocycles. The second kappa shape index (κ2) is 3.30. The van der Waals surface area contributed by atoms with Gasteiger partial charge in [-0.3, -0.25) is 0 Å². The van der Waals surface area contributed by atoms with Gasteiger partial charge in [0.1, 0.15) is 0 Å². The SMILES string of the molecule is Nc1cccc2ccn(CCC3CC3)c12. The second-order valence-electron chi connectivity index (χ2n) is 4.53. The molecule has 1 aliphatic rings. The molecule has 78 valence electrons. The molecule has 0 atom stereocenters. The highest BCUT2D eigenvalue weighted by molar-refractivity contribution is 5.90. The number of nitrogens with two attached hydrogens (primary N) is 1. The molecular weight excluding hydrogens is 184 g/mol. The number of aryl methyl sites for hydroxylation is 1. The highest BCUT2D eigenvalue weighted by Crippen LogP contribution is 2.33. The lowest BCUT2D eigenvalue weighted by Crippen LogP contribution is -1.99. The van der Waals surface area contributed by atoms with Crippen LogP contribution in [0, 0.1) is 5.92 Å². The first-order chi connectivity index (χ1) is 7.34. The molecule has 3 rings (SSSR count). The molecule has 2 aromatic rings. The molecule has 15 heavy (non-hydrogen) atoms. The molecule has 1 aliphatic carbocycles. The summed E-state index contributed by atoms with van der Waals surface area (Å²) in [4.78, 5) is 0. The largest absolute Gasteiger partial charge is 0.397 e. The van der Waals surface area contributed by atoms with E-state index in [0.29, 0.717) is 0 Å². The van der Waals surface area contributed by atoms with Crippen molar-refractivity contribution in [2.75, 3.05) is 5.73 Å². The monoisotopic (exact) mass is 200 g/mol. The third kappa shape index (κ3) is 1.60. The van der Waals surface area contributed by atoms with Gasteiger partial charge in [0, 0.05) is 18.1 Å². The van der Waals surface area contributed by atoms with Gasteiger partial charge in [-0.15, -0.1) is 0 Å². The maximum atomic E-state index is 6.00. The van der Waals surface area contributed by atoms with Gasteiger partial charge in [-0.05, 0) is 24.5 Å². The van der Waals surface area contributed by atoms with Crippen molar-refractivity contribution >= 4 is 16.6 Å². The predicted octanol–water partition coefficient (Wildman–Crippen LogP) is 3.02. The number of benzene rings is 1.